The van der Waals surface area contributed by atoms with Crippen molar-refractivity contribution in [3.63, 3.8) is 0 Å². The van der Waals surface area contributed by atoms with Crippen LogP contribution in [-0.4, -0.2) is 31.6 Å². The van der Waals surface area contributed by atoms with E-state index in [0.29, 0.717) is 13.2 Å². The summed E-state index contributed by atoms with van der Waals surface area (Å²) in [5.74, 6) is 1.62. The van der Waals surface area contributed by atoms with E-state index in [1.165, 1.54) is 0 Å². The van der Waals surface area contributed by atoms with Crippen molar-refractivity contribution in [3.8, 4) is 11.5 Å². The first-order valence-corrected chi connectivity index (χ1v) is 6.30. The highest BCUT2D eigenvalue weighted by molar-refractivity contribution is 8.13. The molecule has 0 aromatic heterocycles. The molecule has 0 amide bonds. The van der Waals surface area contributed by atoms with Gasteiger partial charge in [0.15, 0.2) is 0 Å². The molecule has 0 fully saturated rings. The van der Waals surface area contributed by atoms with Crippen molar-refractivity contribution < 1.29 is 9.47 Å². The van der Waals surface area contributed by atoms with Crippen molar-refractivity contribution in [2.75, 3.05) is 26.5 Å². The van der Waals surface area contributed by atoms with Crippen LogP contribution in [-0.2, 0) is 0 Å². The molecule has 1 rings (SSSR count). The van der Waals surface area contributed by atoms with Gasteiger partial charge < -0.3 is 9.47 Å². The SMILES string of the molecule is COc1cccc(OCCN=C(C)SC)c1. The lowest BCUT2D eigenvalue weighted by molar-refractivity contribution is 0.325. The molecule has 0 aliphatic rings. The predicted octanol–water partition coefficient (Wildman–Crippen LogP) is 2.86. The molecule has 0 bridgehead atoms. The zero-order valence-corrected chi connectivity index (χ0v) is 10.7. The summed E-state index contributed by atoms with van der Waals surface area (Å²) in [5, 5.41) is 1.08. The van der Waals surface area contributed by atoms with Crippen molar-refractivity contribution in [3.05, 3.63) is 24.3 Å². The van der Waals surface area contributed by atoms with Gasteiger partial charge in [0.1, 0.15) is 18.1 Å². The number of ether oxygens (including phenoxy) is 2. The molecule has 1 aromatic carbocycles. The average Bonchev–Trinajstić information content (AvgIpc) is 2.34. The maximum atomic E-state index is 5.55. The second-order valence-electron chi connectivity index (χ2n) is 3.13. The van der Waals surface area contributed by atoms with E-state index in [0.717, 1.165) is 16.5 Å². The number of aliphatic imine (C=N–C) groups is 1. The van der Waals surface area contributed by atoms with E-state index in [4.69, 9.17) is 9.47 Å². The van der Waals surface area contributed by atoms with Crippen LogP contribution in [0, 0.1) is 0 Å². The summed E-state index contributed by atoms with van der Waals surface area (Å²) in [6, 6.07) is 7.58. The van der Waals surface area contributed by atoms with Gasteiger partial charge in [0.05, 0.1) is 18.7 Å². The Labute approximate surface area is 101 Å². The van der Waals surface area contributed by atoms with Crippen LogP contribution in [0.25, 0.3) is 0 Å². The lowest BCUT2D eigenvalue weighted by Crippen LogP contribution is -2.02. The molecule has 0 aliphatic carbocycles. The molecule has 0 saturated heterocycles. The number of methoxy groups -OCH3 is 1. The zero-order chi connectivity index (χ0) is 11.8. The first-order chi connectivity index (χ1) is 7.76. The predicted molar refractivity (Wildman–Crippen MR) is 70.0 cm³/mol. The van der Waals surface area contributed by atoms with E-state index in [2.05, 4.69) is 4.99 Å². The fourth-order valence-electron chi connectivity index (χ4n) is 1.12. The lowest BCUT2D eigenvalue weighted by atomic mass is 10.3. The smallest absolute Gasteiger partial charge is 0.123 e. The van der Waals surface area contributed by atoms with Crippen LogP contribution in [0.3, 0.4) is 0 Å². The number of hydrogen-bond acceptors (Lipinski definition) is 4. The zero-order valence-electron chi connectivity index (χ0n) is 9.90. The third kappa shape index (κ3) is 4.57. The topological polar surface area (TPSA) is 30.8 Å². The van der Waals surface area contributed by atoms with Gasteiger partial charge in [-0.2, -0.15) is 0 Å². The van der Waals surface area contributed by atoms with Crippen LogP contribution in [0.5, 0.6) is 11.5 Å². The molecule has 3 nitrogen and oxygen atoms in total. The van der Waals surface area contributed by atoms with Crippen LogP contribution in [0.4, 0.5) is 0 Å². The molecule has 1 aromatic rings. The Hall–Kier alpha value is -1.16. The summed E-state index contributed by atoms with van der Waals surface area (Å²) in [7, 11) is 1.64. The van der Waals surface area contributed by atoms with Crippen molar-refractivity contribution >= 4 is 16.8 Å². The third-order valence-electron chi connectivity index (χ3n) is 2.03. The van der Waals surface area contributed by atoms with E-state index < -0.39 is 0 Å². The minimum absolute atomic E-state index is 0.588. The maximum absolute atomic E-state index is 5.55. The number of hydrogen-bond donors (Lipinski definition) is 0. The molecule has 88 valence electrons. The van der Waals surface area contributed by atoms with Gasteiger partial charge in [-0.3, -0.25) is 4.99 Å². The molecule has 0 atom stereocenters. The summed E-state index contributed by atoms with van der Waals surface area (Å²) < 4.78 is 10.7. The Bertz CT molecular complexity index is 353. The van der Waals surface area contributed by atoms with Crippen molar-refractivity contribution in [2.45, 2.75) is 6.92 Å². The van der Waals surface area contributed by atoms with Gasteiger partial charge in [-0.15, -0.1) is 11.8 Å². The minimum atomic E-state index is 0.588. The largest absolute Gasteiger partial charge is 0.497 e. The fourth-order valence-corrected chi connectivity index (χ4v) is 1.34. The molecular formula is C12H17NO2S. The molecular weight excluding hydrogens is 222 g/mol. The summed E-state index contributed by atoms with van der Waals surface area (Å²) >= 11 is 1.65. The van der Waals surface area contributed by atoms with Crippen LogP contribution < -0.4 is 9.47 Å². The van der Waals surface area contributed by atoms with Gasteiger partial charge in [-0.05, 0) is 25.3 Å². The molecule has 16 heavy (non-hydrogen) atoms. The van der Waals surface area contributed by atoms with Crippen LogP contribution in [0.2, 0.25) is 0 Å². The molecule has 0 spiro atoms. The number of rotatable bonds is 5. The summed E-state index contributed by atoms with van der Waals surface area (Å²) in [6.07, 6.45) is 2.02. The van der Waals surface area contributed by atoms with E-state index >= 15 is 0 Å². The lowest BCUT2D eigenvalue weighted by Gasteiger charge is -2.06. The highest BCUT2D eigenvalue weighted by Gasteiger charge is 1.95. The highest BCUT2D eigenvalue weighted by Crippen LogP contribution is 2.18. The molecule has 0 unspecified atom stereocenters. The third-order valence-corrected chi connectivity index (χ3v) is 2.75. The van der Waals surface area contributed by atoms with Gasteiger partial charge in [0.2, 0.25) is 0 Å². The van der Waals surface area contributed by atoms with E-state index in [-0.39, 0.29) is 0 Å². The van der Waals surface area contributed by atoms with E-state index in [1.54, 1.807) is 18.9 Å². The van der Waals surface area contributed by atoms with Crippen molar-refractivity contribution in [2.24, 2.45) is 4.99 Å². The van der Waals surface area contributed by atoms with Crippen molar-refractivity contribution in [1.29, 1.82) is 0 Å². The fraction of sp³-hybridized carbons (Fsp3) is 0.417. The van der Waals surface area contributed by atoms with E-state index in [9.17, 15) is 0 Å². The number of nitrogens with zero attached hydrogens (tertiary/aromatic N) is 1. The summed E-state index contributed by atoms with van der Waals surface area (Å²) in [5.41, 5.74) is 0. The summed E-state index contributed by atoms with van der Waals surface area (Å²) in [6.45, 7) is 3.27. The van der Waals surface area contributed by atoms with Crippen LogP contribution in [0.1, 0.15) is 6.92 Å². The van der Waals surface area contributed by atoms with Gasteiger partial charge in [-0.25, -0.2) is 0 Å². The first kappa shape index (κ1) is 12.9. The molecule has 0 saturated carbocycles. The Morgan fingerprint density at radius 3 is 2.81 bits per heavy atom. The van der Waals surface area contributed by atoms with Crippen molar-refractivity contribution in [1.82, 2.24) is 0 Å². The normalized spacial score (nSPS) is 11.3. The van der Waals surface area contributed by atoms with E-state index in [1.807, 2.05) is 37.4 Å². The van der Waals surface area contributed by atoms with Gasteiger partial charge in [0.25, 0.3) is 0 Å². The van der Waals surface area contributed by atoms with Crippen LogP contribution in [0.15, 0.2) is 29.3 Å². The first-order valence-electron chi connectivity index (χ1n) is 5.08. The second-order valence-corrected chi connectivity index (χ2v) is 4.13. The Balaban J connectivity index is 2.37. The second kappa shape index (κ2) is 7.17. The maximum Gasteiger partial charge on any atom is 0.123 e. The standard InChI is InChI=1S/C12H17NO2S/c1-10(16-3)13-7-8-15-12-6-4-5-11(9-12)14-2/h4-6,9H,7-8H2,1-3H3. The minimum Gasteiger partial charge on any atom is -0.497 e. The summed E-state index contributed by atoms with van der Waals surface area (Å²) in [4.78, 5) is 4.32. The number of benzene rings is 1. The molecule has 0 aliphatic heterocycles. The Morgan fingerprint density at radius 1 is 1.38 bits per heavy atom. The van der Waals surface area contributed by atoms with Crippen LogP contribution >= 0.6 is 11.8 Å². The Morgan fingerprint density at radius 2 is 2.12 bits per heavy atom. The Kier molecular flexibility index (Phi) is 5.78. The molecule has 0 radical (unpaired) electrons. The number of thioether (sulfide) groups is 1. The average molecular weight is 239 g/mol. The molecule has 0 N–H and O–H groups in total. The quantitative estimate of drug-likeness (QED) is 0.450. The molecule has 4 heteroatoms. The van der Waals surface area contributed by atoms with Gasteiger partial charge in [0, 0.05) is 6.07 Å². The monoisotopic (exact) mass is 239 g/mol. The highest BCUT2D eigenvalue weighted by atomic mass is 32.2. The van der Waals surface area contributed by atoms with Gasteiger partial charge >= 0.3 is 0 Å². The van der Waals surface area contributed by atoms with Gasteiger partial charge in [-0.1, -0.05) is 6.07 Å². The molecule has 0 heterocycles.